The van der Waals surface area contributed by atoms with E-state index in [0.717, 1.165) is 44.5 Å². The SMILES string of the molecule is CC1CN(Cc2ccc(C(=O)NC3CCCc4ccccc43)cc2)CC(C)O1. The lowest BCUT2D eigenvalue weighted by atomic mass is 9.87. The Morgan fingerprint density at radius 3 is 2.54 bits per heavy atom. The van der Waals surface area contributed by atoms with Crippen LogP contribution >= 0.6 is 0 Å². The Hall–Kier alpha value is -2.17. The standard InChI is InChI=1S/C24H30N2O2/c1-17-14-26(15-18(2)28-17)16-19-10-12-21(13-11-19)24(27)25-23-9-5-7-20-6-3-4-8-22(20)23/h3-4,6,8,10-13,17-18,23H,5,7,9,14-16H2,1-2H3,(H,25,27). The van der Waals surface area contributed by atoms with Crippen molar-refractivity contribution >= 4 is 5.91 Å². The van der Waals surface area contributed by atoms with Crippen LogP contribution in [0.2, 0.25) is 0 Å². The van der Waals surface area contributed by atoms with Gasteiger partial charge in [-0.1, -0.05) is 36.4 Å². The maximum absolute atomic E-state index is 12.8. The summed E-state index contributed by atoms with van der Waals surface area (Å²) in [7, 11) is 0. The van der Waals surface area contributed by atoms with Crippen LogP contribution in [0.5, 0.6) is 0 Å². The van der Waals surface area contributed by atoms with Gasteiger partial charge in [-0.05, 0) is 61.9 Å². The van der Waals surface area contributed by atoms with E-state index in [9.17, 15) is 4.79 Å². The largest absolute Gasteiger partial charge is 0.373 e. The van der Waals surface area contributed by atoms with Crippen molar-refractivity contribution in [3.8, 4) is 0 Å². The Kier molecular flexibility index (Phi) is 5.79. The van der Waals surface area contributed by atoms with E-state index in [-0.39, 0.29) is 24.2 Å². The molecule has 0 saturated carbocycles. The molecule has 4 heteroatoms. The van der Waals surface area contributed by atoms with Crippen LogP contribution in [-0.2, 0) is 17.7 Å². The van der Waals surface area contributed by atoms with Crippen LogP contribution < -0.4 is 5.32 Å². The fourth-order valence-corrected chi connectivity index (χ4v) is 4.58. The molecule has 2 aliphatic rings. The molecule has 4 rings (SSSR count). The molecule has 1 aliphatic heterocycles. The second-order valence-corrected chi connectivity index (χ2v) is 8.27. The highest BCUT2D eigenvalue weighted by Crippen LogP contribution is 2.29. The van der Waals surface area contributed by atoms with Crippen molar-refractivity contribution in [2.75, 3.05) is 13.1 Å². The van der Waals surface area contributed by atoms with Gasteiger partial charge in [0, 0.05) is 25.2 Å². The molecule has 1 heterocycles. The van der Waals surface area contributed by atoms with E-state index in [2.05, 4.69) is 60.5 Å². The molecule has 3 unspecified atom stereocenters. The average Bonchev–Trinajstić information content (AvgIpc) is 2.68. The quantitative estimate of drug-likeness (QED) is 0.871. The molecular weight excluding hydrogens is 348 g/mol. The number of carbonyl (C=O) groups is 1. The summed E-state index contributed by atoms with van der Waals surface area (Å²) in [6, 6.07) is 16.6. The summed E-state index contributed by atoms with van der Waals surface area (Å²) in [4.78, 5) is 15.2. The van der Waals surface area contributed by atoms with Gasteiger partial charge < -0.3 is 10.1 Å². The van der Waals surface area contributed by atoms with Crippen molar-refractivity contribution in [3.05, 3.63) is 70.8 Å². The summed E-state index contributed by atoms with van der Waals surface area (Å²) in [5, 5.41) is 3.24. The molecule has 1 saturated heterocycles. The van der Waals surface area contributed by atoms with Gasteiger partial charge in [-0.3, -0.25) is 9.69 Å². The summed E-state index contributed by atoms with van der Waals surface area (Å²) < 4.78 is 5.81. The lowest BCUT2D eigenvalue weighted by Gasteiger charge is -2.35. The molecule has 2 aromatic carbocycles. The van der Waals surface area contributed by atoms with Crippen LogP contribution in [0.3, 0.4) is 0 Å². The van der Waals surface area contributed by atoms with Crippen molar-refractivity contribution in [3.63, 3.8) is 0 Å². The molecule has 4 nitrogen and oxygen atoms in total. The number of amides is 1. The van der Waals surface area contributed by atoms with Crippen LogP contribution in [0.25, 0.3) is 0 Å². The molecule has 28 heavy (non-hydrogen) atoms. The van der Waals surface area contributed by atoms with Gasteiger partial charge in [-0.15, -0.1) is 0 Å². The zero-order chi connectivity index (χ0) is 19.5. The normalized spacial score (nSPS) is 25.1. The molecule has 1 fully saturated rings. The van der Waals surface area contributed by atoms with Gasteiger partial charge >= 0.3 is 0 Å². The van der Waals surface area contributed by atoms with Crippen molar-refractivity contribution < 1.29 is 9.53 Å². The van der Waals surface area contributed by atoms with Crippen molar-refractivity contribution in [1.29, 1.82) is 0 Å². The molecule has 1 aliphatic carbocycles. The van der Waals surface area contributed by atoms with E-state index < -0.39 is 0 Å². The van der Waals surface area contributed by atoms with Crippen molar-refractivity contribution in [2.24, 2.45) is 0 Å². The van der Waals surface area contributed by atoms with E-state index in [4.69, 9.17) is 4.74 Å². The summed E-state index contributed by atoms with van der Waals surface area (Å²) in [6.07, 6.45) is 3.78. The highest BCUT2D eigenvalue weighted by atomic mass is 16.5. The third-order valence-electron chi connectivity index (χ3n) is 5.79. The Labute approximate surface area is 167 Å². The van der Waals surface area contributed by atoms with Gasteiger partial charge in [0.1, 0.15) is 0 Å². The van der Waals surface area contributed by atoms with E-state index in [1.54, 1.807) is 0 Å². The molecule has 1 amide bonds. The summed E-state index contributed by atoms with van der Waals surface area (Å²) in [5.74, 6) is 0.0156. The van der Waals surface area contributed by atoms with Crippen LogP contribution in [-0.4, -0.2) is 36.1 Å². The Bertz CT molecular complexity index is 808. The van der Waals surface area contributed by atoms with Gasteiger partial charge in [0.2, 0.25) is 0 Å². The fraction of sp³-hybridized carbons (Fsp3) is 0.458. The fourth-order valence-electron chi connectivity index (χ4n) is 4.58. The van der Waals surface area contributed by atoms with E-state index in [1.807, 2.05) is 12.1 Å². The van der Waals surface area contributed by atoms with Gasteiger partial charge in [-0.2, -0.15) is 0 Å². The monoisotopic (exact) mass is 378 g/mol. The molecule has 0 bridgehead atoms. The zero-order valence-electron chi connectivity index (χ0n) is 16.9. The van der Waals surface area contributed by atoms with Crippen LogP contribution in [0.15, 0.2) is 48.5 Å². The first-order valence-electron chi connectivity index (χ1n) is 10.4. The Morgan fingerprint density at radius 1 is 1.07 bits per heavy atom. The van der Waals surface area contributed by atoms with Gasteiger partial charge in [0.25, 0.3) is 5.91 Å². The highest BCUT2D eigenvalue weighted by molar-refractivity contribution is 5.94. The van der Waals surface area contributed by atoms with Gasteiger partial charge in [0.05, 0.1) is 18.2 Å². The molecule has 0 spiro atoms. The minimum atomic E-state index is 0.0156. The molecular formula is C24H30N2O2. The van der Waals surface area contributed by atoms with Crippen molar-refractivity contribution in [1.82, 2.24) is 10.2 Å². The number of hydrogen-bond donors (Lipinski definition) is 1. The van der Waals surface area contributed by atoms with E-state index >= 15 is 0 Å². The van der Waals surface area contributed by atoms with E-state index in [0.29, 0.717) is 0 Å². The number of rotatable bonds is 4. The lowest BCUT2D eigenvalue weighted by molar-refractivity contribution is -0.0704. The number of aryl methyl sites for hydroxylation is 1. The second-order valence-electron chi connectivity index (χ2n) is 8.27. The summed E-state index contributed by atoms with van der Waals surface area (Å²) in [6.45, 7) is 7.05. The zero-order valence-corrected chi connectivity index (χ0v) is 16.9. The number of nitrogens with one attached hydrogen (secondary N) is 1. The molecule has 148 valence electrons. The van der Waals surface area contributed by atoms with Gasteiger partial charge in [-0.25, -0.2) is 0 Å². The number of carbonyl (C=O) groups excluding carboxylic acids is 1. The van der Waals surface area contributed by atoms with E-state index in [1.165, 1.54) is 16.7 Å². The minimum absolute atomic E-state index is 0.0156. The first-order valence-corrected chi connectivity index (χ1v) is 10.4. The number of morpholine rings is 1. The molecule has 3 atom stereocenters. The predicted octanol–water partition coefficient (Wildman–Crippen LogP) is 4.10. The number of nitrogens with zero attached hydrogens (tertiary/aromatic N) is 1. The Morgan fingerprint density at radius 2 is 1.79 bits per heavy atom. The number of benzene rings is 2. The summed E-state index contributed by atoms with van der Waals surface area (Å²) >= 11 is 0. The molecule has 1 N–H and O–H groups in total. The Balaban J connectivity index is 1.38. The third kappa shape index (κ3) is 4.45. The maximum atomic E-state index is 12.8. The lowest BCUT2D eigenvalue weighted by Crippen LogP contribution is -2.44. The van der Waals surface area contributed by atoms with Crippen LogP contribution in [0.4, 0.5) is 0 Å². The maximum Gasteiger partial charge on any atom is 0.251 e. The highest BCUT2D eigenvalue weighted by Gasteiger charge is 2.23. The first-order chi connectivity index (χ1) is 13.6. The number of ether oxygens (including phenoxy) is 1. The van der Waals surface area contributed by atoms with Gasteiger partial charge in [0.15, 0.2) is 0 Å². The topological polar surface area (TPSA) is 41.6 Å². The smallest absolute Gasteiger partial charge is 0.251 e. The third-order valence-corrected chi connectivity index (χ3v) is 5.79. The number of hydrogen-bond acceptors (Lipinski definition) is 3. The number of fused-ring (bicyclic) bond motifs is 1. The first kappa shape index (κ1) is 19.2. The van der Waals surface area contributed by atoms with Crippen molar-refractivity contribution in [2.45, 2.75) is 57.9 Å². The molecule has 0 aromatic heterocycles. The van der Waals surface area contributed by atoms with Crippen LogP contribution in [0.1, 0.15) is 59.8 Å². The minimum Gasteiger partial charge on any atom is -0.373 e. The molecule has 0 radical (unpaired) electrons. The predicted molar refractivity (Wildman–Crippen MR) is 111 cm³/mol. The van der Waals surface area contributed by atoms with Crippen LogP contribution in [0, 0.1) is 0 Å². The molecule has 2 aromatic rings. The summed E-state index contributed by atoms with van der Waals surface area (Å²) in [5.41, 5.74) is 4.61. The average molecular weight is 379 g/mol. The second kappa shape index (κ2) is 8.46.